The predicted octanol–water partition coefficient (Wildman–Crippen LogP) is 0.749. The summed E-state index contributed by atoms with van der Waals surface area (Å²) in [6.07, 6.45) is 0.540. The van der Waals surface area contributed by atoms with E-state index in [-0.39, 0.29) is 17.9 Å². The van der Waals surface area contributed by atoms with Crippen molar-refractivity contribution < 1.29 is 19.1 Å². The number of esters is 2. The first-order valence-corrected chi connectivity index (χ1v) is 4.31. The molecule has 0 radical (unpaired) electrons. The first kappa shape index (κ1) is 10.0. The Morgan fingerprint density at radius 2 is 2.15 bits per heavy atom. The van der Waals surface area contributed by atoms with Crippen molar-refractivity contribution in [1.29, 1.82) is 0 Å². The highest BCUT2D eigenvalue weighted by atomic mass is 16.5. The van der Waals surface area contributed by atoms with Crippen LogP contribution in [0, 0.1) is 11.3 Å². The Bertz CT molecular complexity index is 236. The molecule has 4 heteroatoms. The Morgan fingerprint density at radius 3 is 2.62 bits per heavy atom. The molecule has 0 aromatic rings. The van der Waals surface area contributed by atoms with E-state index < -0.39 is 5.41 Å². The molecule has 13 heavy (non-hydrogen) atoms. The van der Waals surface area contributed by atoms with Gasteiger partial charge in [-0.1, -0.05) is 0 Å². The van der Waals surface area contributed by atoms with E-state index in [2.05, 4.69) is 4.74 Å². The summed E-state index contributed by atoms with van der Waals surface area (Å²) in [7, 11) is 1.33. The van der Waals surface area contributed by atoms with Crippen LogP contribution < -0.4 is 0 Å². The Hall–Kier alpha value is -1.06. The maximum absolute atomic E-state index is 11.2. The molecule has 1 saturated carbocycles. The Kier molecular flexibility index (Phi) is 2.59. The fraction of sp³-hybridized carbons (Fsp3) is 0.778. The van der Waals surface area contributed by atoms with Gasteiger partial charge in [-0.3, -0.25) is 9.59 Å². The van der Waals surface area contributed by atoms with Gasteiger partial charge < -0.3 is 9.47 Å². The normalized spacial score (nSPS) is 30.8. The highest BCUT2D eigenvalue weighted by Crippen LogP contribution is 2.53. The number of methoxy groups -OCH3 is 1. The third-order valence-corrected chi connectivity index (χ3v) is 2.46. The number of hydrogen-bond acceptors (Lipinski definition) is 4. The van der Waals surface area contributed by atoms with E-state index in [1.165, 1.54) is 7.11 Å². The van der Waals surface area contributed by atoms with Crippen molar-refractivity contribution in [2.75, 3.05) is 13.7 Å². The lowest BCUT2D eigenvalue weighted by Crippen LogP contribution is -2.20. The number of hydrogen-bond donors (Lipinski definition) is 0. The topological polar surface area (TPSA) is 52.6 Å². The first-order valence-electron chi connectivity index (χ1n) is 4.31. The minimum Gasteiger partial charge on any atom is -0.469 e. The second kappa shape index (κ2) is 3.36. The fourth-order valence-electron chi connectivity index (χ4n) is 1.41. The van der Waals surface area contributed by atoms with Gasteiger partial charge in [0.1, 0.15) is 0 Å². The van der Waals surface area contributed by atoms with E-state index in [9.17, 15) is 9.59 Å². The Balaban J connectivity index is 2.52. The van der Waals surface area contributed by atoms with Gasteiger partial charge in [0.05, 0.1) is 25.0 Å². The van der Waals surface area contributed by atoms with Gasteiger partial charge in [-0.05, 0) is 20.3 Å². The lowest BCUT2D eigenvalue weighted by Gasteiger charge is -2.07. The highest BCUT2D eigenvalue weighted by molar-refractivity contribution is 5.90. The van der Waals surface area contributed by atoms with Gasteiger partial charge in [-0.25, -0.2) is 0 Å². The average molecular weight is 186 g/mol. The summed E-state index contributed by atoms with van der Waals surface area (Å²) in [5, 5.41) is 0. The molecule has 74 valence electrons. The maximum atomic E-state index is 11.2. The van der Waals surface area contributed by atoms with E-state index in [0.29, 0.717) is 13.0 Å². The highest BCUT2D eigenvalue weighted by Gasteiger charge is 2.61. The smallest absolute Gasteiger partial charge is 0.312 e. The van der Waals surface area contributed by atoms with Gasteiger partial charge in [0, 0.05) is 0 Å². The minimum absolute atomic E-state index is 0.296. The Morgan fingerprint density at radius 1 is 1.54 bits per heavy atom. The van der Waals surface area contributed by atoms with E-state index in [1.807, 2.05) is 0 Å². The maximum Gasteiger partial charge on any atom is 0.312 e. The SMILES string of the molecule is CCOC(=O)C1CC1(C)C(=O)OC. The van der Waals surface area contributed by atoms with Gasteiger partial charge in [0.15, 0.2) is 0 Å². The molecule has 1 fully saturated rings. The third-order valence-electron chi connectivity index (χ3n) is 2.46. The van der Waals surface area contributed by atoms with Crippen LogP contribution in [-0.4, -0.2) is 25.7 Å². The minimum atomic E-state index is -0.638. The summed E-state index contributed by atoms with van der Waals surface area (Å²) in [6, 6.07) is 0. The van der Waals surface area contributed by atoms with Crippen LogP contribution >= 0.6 is 0 Å². The summed E-state index contributed by atoms with van der Waals surface area (Å²) in [5.41, 5.74) is -0.638. The molecule has 0 saturated heterocycles. The zero-order chi connectivity index (χ0) is 10.1. The average Bonchev–Trinajstić information content (AvgIpc) is 2.79. The summed E-state index contributed by atoms with van der Waals surface area (Å²) in [5.74, 6) is -0.930. The van der Waals surface area contributed by atoms with Crippen LogP contribution in [0.15, 0.2) is 0 Å². The molecule has 1 aliphatic carbocycles. The van der Waals surface area contributed by atoms with Crippen LogP contribution in [-0.2, 0) is 19.1 Å². The van der Waals surface area contributed by atoms with E-state index in [1.54, 1.807) is 13.8 Å². The quantitative estimate of drug-likeness (QED) is 0.610. The lowest BCUT2D eigenvalue weighted by molar-refractivity contribution is -0.153. The molecule has 1 aliphatic rings. The molecule has 0 amide bonds. The summed E-state index contributed by atoms with van der Waals surface area (Å²) < 4.78 is 9.40. The molecule has 4 nitrogen and oxygen atoms in total. The van der Waals surface area contributed by atoms with E-state index >= 15 is 0 Å². The van der Waals surface area contributed by atoms with Crippen LogP contribution in [0.1, 0.15) is 20.3 Å². The van der Waals surface area contributed by atoms with Crippen LogP contribution in [0.2, 0.25) is 0 Å². The first-order chi connectivity index (χ1) is 6.06. The number of ether oxygens (including phenoxy) is 2. The van der Waals surface area contributed by atoms with Crippen molar-refractivity contribution in [2.24, 2.45) is 11.3 Å². The van der Waals surface area contributed by atoms with Gasteiger partial charge in [-0.15, -0.1) is 0 Å². The molecule has 0 aliphatic heterocycles. The van der Waals surface area contributed by atoms with Gasteiger partial charge in [0.25, 0.3) is 0 Å². The van der Waals surface area contributed by atoms with Crippen molar-refractivity contribution in [3.63, 3.8) is 0 Å². The second-order valence-corrected chi connectivity index (χ2v) is 3.42. The van der Waals surface area contributed by atoms with E-state index in [4.69, 9.17) is 4.74 Å². The van der Waals surface area contributed by atoms with E-state index in [0.717, 1.165) is 0 Å². The molecule has 0 bridgehead atoms. The fourth-order valence-corrected chi connectivity index (χ4v) is 1.41. The molecule has 2 atom stereocenters. The molecule has 0 aromatic heterocycles. The number of carbonyl (C=O) groups is 2. The zero-order valence-electron chi connectivity index (χ0n) is 8.12. The van der Waals surface area contributed by atoms with Crippen LogP contribution in [0.3, 0.4) is 0 Å². The molecule has 1 rings (SSSR count). The molecule has 0 spiro atoms. The molecular weight excluding hydrogens is 172 g/mol. The molecule has 0 heterocycles. The monoisotopic (exact) mass is 186 g/mol. The molecule has 2 unspecified atom stereocenters. The Labute approximate surface area is 77.2 Å². The van der Waals surface area contributed by atoms with Gasteiger partial charge in [-0.2, -0.15) is 0 Å². The lowest BCUT2D eigenvalue weighted by atomic mass is 10.1. The molecule has 0 N–H and O–H groups in total. The summed E-state index contributed by atoms with van der Waals surface area (Å²) in [4.78, 5) is 22.4. The van der Waals surface area contributed by atoms with Crippen molar-refractivity contribution in [2.45, 2.75) is 20.3 Å². The number of carbonyl (C=O) groups excluding carboxylic acids is 2. The predicted molar refractivity (Wildman–Crippen MR) is 44.9 cm³/mol. The van der Waals surface area contributed by atoms with Crippen LogP contribution in [0.5, 0.6) is 0 Å². The summed E-state index contributed by atoms with van der Waals surface area (Å²) >= 11 is 0. The zero-order valence-corrected chi connectivity index (χ0v) is 8.12. The third kappa shape index (κ3) is 1.66. The molecule has 0 aromatic carbocycles. The van der Waals surface area contributed by atoms with Crippen LogP contribution in [0.4, 0.5) is 0 Å². The standard InChI is InChI=1S/C9H14O4/c1-4-13-7(10)6-5-9(6,2)8(11)12-3/h6H,4-5H2,1-3H3. The molecular formula is C9H14O4. The van der Waals surface area contributed by atoms with Gasteiger partial charge in [0.2, 0.25) is 0 Å². The number of rotatable bonds is 3. The van der Waals surface area contributed by atoms with Crippen molar-refractivity contribution in [3.8, 4) is 0 Å². The largest absolute Gasteiger partial charge is 0.469 e. The summed E-state index contributed by atoms with van der Waals surface area (Å²) in [6.45, 7) is 3.82. The van der Waals surface area contributed by atoms with Crippen molar-refractivity contribution in [3.05, 3.63) is 0 Å². The van der Waals surface area contributed by atoms with Crippen molar-refractivity contribution >= 4 is 11.9 Å². The second-order valence-electron chi connectivity index (χ2n) is 3.42. The van der Waals surface area contributed by atoms with Crippen molar-refractivity contribution in [1.82, 2.24) is 0 Å². The van der Waals surface area contributed by atoms with Crippen LogP contribution in [0.25, 0.3) is 0 Å². The van der Waals surface area contributed by atoms with Gasteiger partial charge >= 0.3 is 11.9 Å².